The molecule has 0 aromatic carbocycles. The summed E-state index contributed by atoms with van der Waals surface area (Å²) in [5.41, 5.74) is 5.55. The molecule has 6 nitrogen and oxygen atoms in total. The van der Waals surface area contributed by atoms with Crippen LogP contribution in [0.15, 0.2) is 6.20 Å². The number of carbonyl (C=O) groups is 1. The summed E-state index contributed by atoms with van der Waals surface area (Å²) < 4.78 is 0. The smallest absolute Gasteiger partial charge is 0.254 e. The maximum absolute atomic E-state index is 11.2. The summed E-state index contributed by atoms with van der Waals surface area (Å²) in [6.45, 7) is 4.05. The maximum atomic E-state index is 11.2. The molecule has 0 unspecified atom stereocenters. The Morgan fingerprint density at radius 2 is 2.31 bits per heavy atom. The Bertz CT molecular complexity index is 379. The molecule has 1 aromatic rings. The molecule has 1 aromatic heterocycles. The van der Waals surface area contributed by atoms with Crippen molar-refractivity contribution in [1.29, 1.82) is 0 Å². The molecular formula is C10H17N5O. The minimum atomic E-state index is -0.534. The Balaban J connectivity index is 3.05. The topological polar surface area (TPSA) is 92.9 Å². The molecule has 0 aliphatic heterocycles. The van der Waals surface area contributed by atoms with Crippen molar-refractivity contribution in [3.63, 3.8) is 0 Å². The number of nitrogens with two attached hydrogens (primary N) is 1. The number of hydrogen-bond donors (Lipinski definition) is 3. The zero-order chi connectivity index (χ0) is 12.1. The number of aromatic nitrogens is 2. The van der Waals surface area contributed by atoms with Crippen molar-refractivity contribution in [2.75, 3.05) is 17.7 Å². The second kappa shape index (κ2) is 5.29. The molecule has 6 heteroatoms. The fourth-order valence-electron chi connectivity index (χ4n) is 1.13. The molecule has 1 rings (SSSR count). The predicted octanol–water partition coefficient (Wildman–Crippen LogP) is 0.828. The first-order valence-corrected chi connectivity index (χ1v) is 5.19. The first-order valence-electron chi connectivity index (χ1n) is 5.19. The highest BCUT2D eigenvalue weighted by Gasteiger charge is 2.12. The van der Waals surface area contributed by atoms with E-state index in [1.807, 2.05) is 13.8 Å². The SMILES string of the molecule is CC[C@H](C)Nc1nc(NC)ncc1C(N)=O. The van der Waals surface area contributed by atoms with Crippen LogP contribution in [0.3, 0.4) is 0 Å². The van der Waals surface area contributed by atoms with E-state index in [0.29, 0.717) is 17.3 Å². The van der Waals surface area contributed by atoms with E-state index < -0.39 is 5.91 Å². The van der Waals surface area contributed by atoms with Gasteiger partial charge in [-0.15, -0.1) is 0 Å². The molecule has 4 N–H and O–H groups in total. The molecule has 0 spiro atoms. The van der Waals surface area contributed by atoms with E-state index in [-0.39, 0.29) is 6.04 Å². The van der Waals surface area contributed by atoms with Crippen LogP contribution in [-0.4, -0.2) is 29.0 Å². The van der Waals surface area contributed by atoms with Gasteiger partial charge in [0.2, 0.25) is 5.95 Å². The average molecular weight is 223 g/mol. The molecule has 1 atom stereocenters. The van der Waals surface area contributed by atoms with Crippen molar-refractivity contribution in [2.45, 2.75) is 26.3 Å². The Morgan fingerprint density at radius 3 is 2.81 bits per heavy atom. The molecule has 0 radical (unpaired) electrons. The maximum Gasteiger partial charge on any atom is 0.254 e. The van der Waals surface area contributed by atoms with E-state index in [0.717, 1.165) is 6.42 Å². The number of amides is 1. The Kier molecular flexibility index (Phi) is 4.04. The third-order valence-corrected chi connectivity index (χ3v) is 2.27. The van der Waals surface area contributed by atoms with Crippen LogP contribution in [0.5, 0.6) is 0 Å². The van der Waals surface area contributed by atoms with Gasteiger partial charge in [-0.2, -0.15) is 4.98 Å². The number of rotatable bonds is 5. The van der Waals surface area contributed by atoms with Gasteiger partial charge in [-0.25, -0.2) is 4.98 Å². The number of carbonyl (C=O) groups excluding carboxylic acids is 1. The molecule has 0 fully saturated rings. The molecular weight excluding hydrogens is 206 g/mol. The van der Waals surface area contributed by atoms with Gasteiger partial charge in [0.05, 0.1) is 5.56 Å². The molecule has 0 bridgehead atoms. The third kappa shape index (κ3) is 2.82. The van der Waals surface area contributed by atoms with Crippen LogP contribution in [0.1, 0.15) is 30.6 Å². The normalized spacial score (nSPS) is 11.9. The minimum Gasteiger partial charge on any atom is -0.367 e. The second-order valence-electron chi connectivity index (χ2n) is 3.52. The van der Waals surface area contributed by atoms with Crippen LogP contribution in [0.25, 0.3) is 0 Å². The van der Waals surface area contributed by atoms with Gasteiger partial charge in [0, 0.05) is 19.3 Å². The number of hydrogen-bond acceptors (Lipinski definition) is 5. The summed E-state index contributed by atoms with van der Waals surface area (Å²) in [7, 11) is 1.71. The number of nitrogens with zero attached hydrogens (tertiary/aromatic N) is 2. The Hall–Kier alpha value is -1.85. The fraction of sp³-hybridized carbons (Fsp3) is 0.500. The van der Waals surface area contributed by atoms with Crippen LogP contribution in [0.4, 0.5) is 11.8 Å². The van der Waals surface area contributed by atoms with Crippen molar-refractivity contribution in [3.05, 3.63) is 11.8 Å². The summed E-state index contributed by atoms with van der Waals surface area (Å²) in [5, 5.41) is 5.93. The number of anilines is 2. The highest BCUT2D eigenvalue weighted by Crippen LogP contribution is 2.14. The summed E-state index contributed by atoms with van der Waals surface area (Å²) in [6, 6.07) is 0.220. The van der Waals surface area contributed by atoms with Gasteiger partial charge in [-0.1, -0.05) is 6.92 Å². The lowest BCUT2D eigenvalue weighted by Crippen LogP contribution is -2.21. The zero-order valence-corrected chi connectivity index (χ0v) is 9.74. The lowest BCUT2D eigenvalue weighted by molar-refractivity contribution is 0.100. The highest BCUT2D eigenvalue weighted by atomic mass is 16.1. The van der Waals surface area contributed by atoms with Crippen molar-refractivity contribution < 1.29 is 4.79 Å². The molecule has 0 aliphatic carbocycles. The first kappa shape index (κ1) is 12.2. The van der Waals surface area contributed by atoms with E-state index in [1.54, 1.807) is 7.05 Å². The minimum absolute atomic E-state index is 0.220. The molecule has 0 aliphatic rings. The van der Waals surface area contributed by atoms with Crippen LogP contribution in [0, 0.1) is 0 Å². The van der Waals surface area contributed by atoms with Crippen molar-refractivity contribution >= 4 is 17.7 Å². The van der Waals surface area contributed by atoms with Crippen molar-refractivity contribution in [1.82, 2.24) is 9.97 Å². The van der Waals surface area contributed by atoms with E-state index in [1.165, 1.54) is 6.20 Å². The number of primary amides is 1. The Labute approximate surface area is 94.7 Å². The molecule has 1 amide bonds. The standard InChI is InChI=1S/C10H17N5O/c1-4-6(2)14-9-7(8(11)16)5-13-10(12-3)15-9/h5-6H,4H2,1-3H3,(H2,11,16)(H2,12,13,14,15)/t6-/m0/s1. The Morgan fingerprint density at radius 1 is 1.62 bits per heavy atom. The first-order chi connectivity index (χ1) is 7.58. The van der Waals surface area contributed by atoms with Gasteiger partial charge < -0.3 is 16.4 Å². The van der Waals surface area contributed by atoms with E-state index in [2.05, 4.69) is 20.6 Å². The van der Waals surface area contributed by atoms with Crippen LogP contribution in [-0.2, 0) is 0 Å². The van der Waals surface area contributed by atoms with Crippen LogP contribution < -0.4 is 16.4 Å². The molecule has 1 heterocycles. The lowest BCUT2D eigenvalue weighted by atomic mass is 10.2. The van der Waals surface area contributed by atoms with Gasteiger partial charge in [0.1, 0.15) is 5.82 Å². The predicted molar refractivity (Wildman–Crippen MR) is 63.5 cm³/mol. The molecule has 16 heavy (non-hydrogen) atoms. The molecule has 0 saturated carbocycles. The summed E-state index contributed by atoms with van der Waals surface area (Å²) in [5.74, 6) is 0.394. The summed E-state index contributed by atoms with van der Waals surface area (Å²) >= 11 is 0. The zero-order valence-electron chi connectivity index (χ0n) is 9.74. The van der Waals surface area contributed by atoms with Crippen molar-refractivity contribution in [2.24, 2.45) is 5.73 Å². The fourth-order valence-corrected chi connectivity index (χ4v) is 1.13. The van der Waals surface area contributed by atoms with Gasteiger partial charge in [0.15, 0.2) is 0 Å². The van der Waals surface area contributed by atoms with E-state index in [4.69, 9.17) is 5.73 Å². The summed E-state index contributed by atoms with van der Waals surface area (Å²) in [6.07, 6.45) is 2.35. The van der Waals surface area contributed by atoms with E-state index >= 15 is 0 Å². The monoisotopic (exact) mass is 223 g/mol. The quantitative estimate of drug-likeness (QED) is 0.687. The molecule has 88 valence electrons. The number of nitrogens with one attached hydrogen (secondary N) is 2. The van der Waals surface area contributed by atoms with Crippen LogP contribution in [0.2, 0.25) is 0 Å². The third-order valence-electron chi connectivity index (χ3n) is 2.27. The van der Waals surface area contributed by atoms with Crippen LogP contribution >= 0.6 is 0 Å². The second-order valence-corrected chi connectivity index (χ2v) is 3.52. The van der Waals surface area contributed by atoms with E-state index in [9.17, 15) is 4.79 Å². The lowest BCUT2D eigenvalue weighted by Gasteiger charge is -2.14. The van der Waals surface area contributed by atoms with Gasteiger partial charge in [0.25, 0.3) is 5.91 Å². The highest BCUT2D eigenvalue weighted by molar-refractivity contribution is 5.97. The van der Waals surface area contributed by atoms with Gasteiger partial charge >= 0.3 is 0 Å². The molecule has 0 saturated heterocycles. The average Bonchev–Trinajstić information content (AvgIpc) is 2.28. The van der Waals surface area contributed by atoms with Gasteiger partial charge in [-0.3, -0.25) is 4.79 Å². The summed E-state index contributed by atoms with van der Waals surface area (Å²) in [4.78, 5) is 19.3. The van der Waals surface area contributed by atoms with Gasteiger partial charge in [-0.05, 0) is 13.3 Å². The van der Waals surface area contributed by atoms with Crippen molar-refractivity contribution in [3.8, 4) is 0 Å². The largest absolute Gasteiger partial charge is 0.367 e.